The predicted molar refractivity (Wildman–Crippen MR) is 76.5 cm³/mol. The Morgan fingerprint density at radius 1 is 1.39 bits per heavy atom. The molecule has 1 fully saturated rings. The lowest BCUT2D eigenvalue weighted by molar-refractivity contribution is 0.246. The molecule has 102 valence electrons. The van der Waals surface area contributed by atoms with Crippen LogP contribution in [-0.4, -0.2) is 60.6 Å². The first-order valence-corrected chi connectivity index (χ1v) is 7.53. The first kappa shape index (κ1) is 13.7. The molecule has 5 nitrogen and oxygen atoms in total. The van der Waals surface area contributed by atoms with Gasteiger partial charge in [-0.2, -0.15) is 4.37 Å². The van der Waals surface area contributed by atoms with Gasteiger partial charge < -0.3 is 10.2 Å². The number of aryl methyl sites for hydroxylation is 1. The first-order chi connectivity index (χ1) is 8.79. The Hall–Kier alpha value is -0.720. The second-order valence-electron chi connectivity index (χ2n) is 4.76. The zero-order chi connectivity index (χ0) is 12.8. The summed E-state index contributed by atoms with van der Waals surface area (Å²) >= 11 is 1.52. The minimum atomic E-state index is 0.988. The predicted octanol–water partition coefficient (Wildman–Crippen LogP) is 0.832. The van der Waals surface area contributed by atoms with Crippen LogP contribution in [0.1, 0.15) is 19.2 Å². The molecular formula is C12H23N5S. The third-order valence-electron chi connectivity index (χ3n) is 3.22. The van der Waals surface area contributed by atoms with Gasteiger partial charge in [-0.05, 0) is 6.42 Å². The van der Waals surface area contributed by atoms with Crippen molar-refractivity contribution in [3.05, 3.63) is 5.82 Å². The molecule has 0 aromatic carbocycles. The van der Waals surface area contributed by atoms with Crippen molar-refractivity contribution in [1.82, 2.24) is 19.6 Å². The van der Waals surface area contributed by atoms with E-state index in [1.165, 1.54) is 11.5 Å². The van der Waals surface area contributed by atoms with Gasteiger partial charge in [0.05, 0.1) is 0 Å². The van der Waals surface area contributed by atoms with E-state index in [-0.39, 0.29) is 0 Å². The molecule has 2 rings (SSSR count). The smallest absolute Gasteiger partial charge is 0.204 e. The molecule has 2 heterocycles. The summed E-state index contributed by atoms with van der Waals surface area (Å²) < 4.78 is 4.39. The van der Waals surface area contributed by atoms with E-state index in [1.807, 2.05) is 0 Å². The van der Waals surface area contributed by atoms with Gasteiger partial charge in [0.15, 0.2) is 0 Å². The second-order valence-corrected chi connectivity index (χ2v) is 5.49. The van der Waals surface area contributed by atoms with Crippen LogP contribution in [0.2, 0.25) is 0 Å². The first-order valence-electron chi connectivity index (χ1n) is 6.76. The summed E-state index contributed by atoms with van der Waals surface area (Å²) in [6, 6.07) is 0. The van der Waals surface area contributed by atoms with Crippen molar-refractivity contribution >= 4 is 16.7 Å². The molecular weight excluding hydrogens is 246 g/mol. The lowest BCUT2D eigenvalue weighted by Crippen LogP contribution is -2.46. The number of nitrogens with one attached hydrogen (secondary N) is 1. The molecule has 1 saturated heterocycles. The maximum atomic E-state index is 4.57. The van der Waals surface area contributed by atoms with Crippen molar-refractivity contribution < 1.29 is 0 Å². The number of rotatable bonds is 6. The monoisotopic (exact) mass is 269 g/mol. The van der Waals surface area contributed by atoms with Gasteiger partial charge in [0.2, 0.25) is 5.13 Å². The largest absolute Gasteiger partial charge is 0.349 e. The lowest BCUT2D eigenvalue weighted by Gasteiger charge is -2.28. The molecule has 1 aliphatic rings. The molecule has 0 unspecified atom stereocenters. The molecule has 0 aliphatic carbocycles. The molecule has 0 spiro atoms. The molecule has 1 aliphatic heterocycles. The van der Waals surface area contributed by atoms with Crippen LogP contribution in [0.5, 0.6) is 0 Å². The van der Waals surface area contributed by atoms with E-state index in [1.54, 1.807) is 0 Å². The molecule has 1 aromatic rings. The van der Waals surface area contributed by atoms with Gasteiger partial charge in [-0.1, -0.05) is 6.92 Å². The number of hydrogen-bond donors (Lipinski definition) is 1. The Morgan fingerprint density at radius 2 is 2.17 bits per heavy atom. The summed E-state index contributed by atoms with van der Waals surface area (Å²) in [5.41, 5.74) is 0. The zero-order valence-corrected chi connectivity index (χ0v) is 12.2. The number of anilines is 1. The Balaban J connectivity index is 1.77. The highest BCUT2D eigenvalue weighted by molar-refractivity contribution is 7.09. The minimum Gasteiger partial charge on any atom is -0.349 e. The second kappa shape index (κ2) is 7.01. The number of piperazine rings is 1. The van der Waals surface area contributed by atoms with Crippen LogP contribution < -0.4 is 10.2 Å². The molecule has 0 radical (unpaired) electrons. The van der Waals surface area contributed by atoms with E-state index in [9.17, 15) is 0 Å². The van der Waals surface area contributed by atoms with E-state index in [0.717, 1.165) is 63.1 Å². The van der Waals surface area contributed by atoms with E-state index in [0.29, 0.717) is 0 Å². The third kappa shape index (κ3) is 3.90. The maximum Gasteiger partial charge on any atom is 0.204 e. The molecule has 0 atom stereocenters. The van der Waals surface area contributed by atoms with Crippen LogP contribution in [0.3, 0.4) is 0 Å². The summed E-state index contributed by atoms with van der Waals surface area (Å²) in [5, 5.41) is 4.43. The van der Waals surface area contributed by atoms with Crippen molar-refractivity contribution in [2.24, 2.45) is 0 Å². The van der Waals surface area contributed by atoms with Crippen molar-refractivity contribution in [2.75, 3.05) is 51.2 Å². The summed E-state index contributed by atoms with van der Waals surface area (Å²) in [7, 11) is 2.11. The highest BCUT2D eigenvalue weighted by atomic mass is 32.1. The number of nitrogens with zero attached hydrogens (tertiary/aromatic N) is 4. The van der Waals surface area contributed by atoms with Gasteiger partial charge in [-0.15, -0.1) is 0 Å². The maximum absolute atomic E-state index is 4.57. The molecule has 0 saturated carbocycles. The van der Waals surface area contributed by atoms with Crippen molar-refractivity contribution in [3.63, 3.8) is 0 Å². The van der Waals surface area contributed by atoms with Crippen LogP contribution in [0.25, 0.3) is 0 Å². The minimum absolute atomic E-state index is 0.988. The topological polar surface area (TPSA) is 44.3 Å². The highest BCUT2D eigenvalue weighted by Gasteiger charge is 2.12. The molecule has 0 bridgehead atoms. The lowest BCUT2D eigenvalue weighted by atomic mass is 10.3. The number of likely N-dealkylation sites (N-methyl/N-ethyl adjacent to an activating group) is 1. The SMILES string of the molecule is CCCc1nsc(N(C)CCN2CCNCC2)n1. The van der Waals surface area contributed by atoms with E-state index in [2.05, 4.69) is 38.4 Å². The van der Waals surface area contributed by atoms with Crippen LogP contribution in [0.4, 0.5) is 5.13 Å². The van der Waals surface area contributed by atoms with Crippen molar-refractivity contribution in [3.8, 4) is 0 Å². The van der Waals surface area contributed by atoms with Crippen LogP contribution in [0.15, 0.2) is 0 Å². The van der Waals surface area contributed by atoms with E-state index >= 15 is 0 Å². The fraction of sp³-hybridized carbons (Fsp3) is 0.833. The number of aromatic nitrogens is 2. The Labute approximate surface area is 113 Å². The Kier molecular flexibility index (Phi) is 5.34. The average Bonchev–Trinajstić information content (AvgIpc) is 2.86. The van der Waals surface area contributed by atoms with Gasteiger partial charge in [0.25, 0.3) is 0 Å². The van der Waals surface area contributed by atoms with E-state index < -0.39 is 0 Å². The van der Waals surface area contributed by atoms with Gasteiger partial charge in [-0.25, -0.2) is 4.98 Å². The van der Waals surface area contributed by atoms with E-state index in [4.69, 9.17) is 0 Å². The fourth-order valence-corrected chi connectivity index (χ4v) is 2.74. The number of hydrogen-bond acceptors (Lipinski definition) is 6. The Morgan fingerprint density at radius 3 is 2.89 bits per heavy atom. The van der Waals surface area contributed by atoms with Crippen molar-refractivity contribution in [2.45, 2.75) is 19.8 Å². The molecule has 1 aromatic heterocycles. The standard InChI is InChI=1S/C12H23N5S/c1-3-4-11-14-12(18-15-11)16(2)9-10-17-7-5-13-6-8-17/h13H,3-10H2,1-2H3. The summed E-state index contributed by atoms with van der Waals surface area (Å²) in [6.45, 7) is 8.85. The van der Waals surface area contributed by atoms with Gasteiger partial charge in [0.1, 0.15) is 5.82 Å². The van der Waals surface area contributed by atoms with Crippen LogP contribution >= 0.6 is 11.5 Å². The molecule has 6 heteroatoms. The van der Waals surface area contributed by atoms with Crippen LogP contribution in [-0.2, 0) is 6.42 Å². The van der Waals surface area contributed by atoms with Gasteiger partial charge in [0, 0.05) is 64.3 Å². The summed E-state index contributed by atoms with van der Waals surface area (Å²) in [6.07, 6.45) is 2.10. The summed E-state index contributed by atoms with van der Waals surface area (Å²) in [5.74, 6) is 0.992. The summed E-state index contributed by atoms with van der Waals surface area (Å²) in [4.78, 5) is 9.29. The van der Waals surface area contributed by atoms with Gasteiger partial charge in [-0.3, -0.25) is 4.90 Å². The van der Waals surface area contributed by atoms with Crippen molar-refractivity contribution in [1.29, 1.82) is 0 Å². The Bertz CT molecular complexity index is 348. The molecule has 1 N–H and O–H groups in total. The van der Waals surface area contributed by atoms with Crippen LogP contribution in [0, 0.1) is 0 Å². The fourth-order valence-electron chi connectivity index (χ4n) is 2.05. The molecule has 0 amide bonds. The normalized spacial score (nSPS) is 17.0. The zero-order valence-electron chi connectivity index (χ0n) is 11.4. The average molecular weight is 269 g/mol. The quantitative estimate of drug-likeness (QED) is 0.829. The highest BCUT2D eigenvalue weighted by Crippen LogP contribution is 2.16. The molecule has 18 heavy (non-hydrogen) atoms. The third-order valence-corrected chi connectivity index (χ3v) is 4.09. The van der Waals surface area contributed by atoms with Gasteiger partial charge >= 0.3 is 0 Å².